The molecule has 9 nitrogen and oxygen atoms in total. The summed E-state index contributed by atoms with van der Waals surface area (Å²) in [5.41, 5.74) is 3.85. The largest absolute Gasteiger partial charge is 0.394 e. The van der Waals surface area contributed by atoms with Crippen LogP contribution in [0, 0.1) is 19.8 Å². The molecule has 0 amide bonds. The zero-order valence-corrected chi connectivity index (χ0v) is 23.6. The lowest BCUT2D eigenvalue weighted by molar-refractivity contribution is 0.00335. The maximum Gasteiger partial charge on any atom is 0.159 e. The van der Waals surface area contributed by atoms with Gasteiger partial charge >= 0.3 is 0 Å². The summed E-state index contributed by atoms with van der Waals surface area (Å²) in [6.45, 7) is 12.4. The van der Waals surface area contributed by atoms with Gasteiger partial charge in [-0.3, -0.25) is 4.90 Å². The number of rotatable bonds is 5. The highest BCUT2D eigenvalue weighted by molar-refractivity contribution is 7.59. The number of likely N-dealkylation sites (tertiary alicyclic amines) is 1. The maximum absolute atomic E-state index is 9.56. The third-order valence-corrected chi connectivity index (χ3v) is 8.41. The molecule has 10 heteroatoms. The summed E-state index contributed by atoms with van der Waals surface area (Å²) in [5, 5.41) is 15.4. The van der Waals surface area contributed by atoms with Gasteiger partial charge < -0.3 is 19.5 Å². The number of piperidine rings is 1. The molecular formula is C28H40N6O3S. The molecule has 2 unspecified atom stereocenters. The van der Waals surface area contributed by atoms with Gasteiger partial charge in [0, 0.05) is 30.6 Å². The minimum Gasteiger partial charge on any atom is -0.394 e. The van der Waals surface area contributed by atoms with Gasteiger partial charge in [0.2, 0.25) is 0 Å². The Morgan fingerprint density at radius 2 is 1.82 bits per heavy atom. The summed E-state index contributed by atoms with van der Waals surface area (Å²) in [4.78, 5) is 14.2. The summed E-state index contributed by atoms with van der Waals surface area (Å²) in [6, 6.07) is 7.19. The molecule has 0 spiro atoms. The van der Waals surface area contributed by atoms with Crippen molar-refractivity contribution in [3.05, 3.63) is 41.3 Å². The summed E-state index contributed by atoms with van der Waals surface area (Å²) < 4.78 is 13.3. The molecule has 38 heavy (non-hydrogen) atoms. The maximum atomic E-state index is 9.56. The number of anilines is 1. The fraction of sp³-hybridized carbons (Fsp3) is 0.607. The molecule has 3 fully saturated rings. The molecule has 0 saturated carbocycles. The molecule has 5 heterocycles. The Hall–Kier alpha value is -2.24. The molecule has 0 bridgehead atoms. The third-order valence-electron chi connectivity index (χ3n) is 8.41. The van der Waals surface area contributed by atoms with Crippen molar-refractivity contribution in [2.75, 3.05) is 57.5 Å². The van der Waals surface area contributed by atoms with Crippen molar-refractivity contribution in [3.8, 4) is 5.82 Å². The normalized spacial score (nSPS) is 25.2. The third kappa shape index (κ3) is 5.29. The van der Waals surface area contributed by atoms with E-state index < -0.39 is 0 Å². The van der Waals surface area contributed by atoms with Crippen LogP contribution in [0.5, 0.6) is 0 Å². The Morgan fingerprint density at radius 3 is 2.55 bits per heavy atom. The number of hydrogen-bond acceptors (Lipinski definition) is 8. The summed E-state index contributed by atoms with van der Waals surface area (Å²) >= 11 is 0. The molecule has 206 valence electrons. The van der Waals surface area contributed by atoms with Gasteiger partial charge in [-0.05, 0) is 74.9 Å². The number of nitrogens with zero attached hydrogens (tertiary/aromatic N) is 6. The number of aliphatic hydroxyl groups excluding tert-OH is 1. The van der Waals surface area contributed by atoms with Crippen molar-refractivity contribution in [3.63, 3.8) is 0 Å². The number of aromatic nitrogens is 4. The lowest BCUT2D eigenvalue weighted by atomic mass is 9.85. The van der Waals surface area contributed by atoms with Crippen LogP contribution in [0.1, 0.15) is 42.6 Å². The second kappa shape index (κ2) is 11.5. The molecule has 2 aromatic heterocycles. The zero-order chi connectivity index (χ0) is 25.5. The number of aryl methyl sites for hydroxylation is 2. The van der Waals surface area contributed by atoms with Crippen LogP contribution in [-0.4, -0.2) is 94.5 Å². The Balaban J connectivity index is 0.00000294. The van der Waals surface area contributed by atoms with E-state index in [1.54, 1.807) is 0 Å². The minimum absolute atomic E-state index is 0. The van der Waals surface area contributed by atoms with Crippen molar-refractivity contribution in [2.45, 2.75) is 51.7 Å². The van der Waals surface area contributed by atoms with Gasteiger partial charge in [0.15, 0.2) is 5.82 Å². The second-order valence-electron chi connectivity index (χ2n) is 11.0. The van der Waals surface area contributed by atoms with E-state index in [9.17, 15) is 5.11 Å². The van der Waals surface area contributed by atoms with E-state index in [1.165, 1.54) is 24.0 Å². The first-order valence-electron chi connectivity index (χ1n) is 13.6. The molecule has 0 radical (unpaired) electrons. The van der Waals surface area contributed by atoms with Gasteiger partial charge in [-0.1, -0.05) is 6.92 Å². The molecule has 1 N–H and O–H groups in total. The van der Waals surface area contributed by atoms with Crippen molar-refractivity contribution in [1.29, 1.82) is 0 Å². The molecule has 3 saturated heterocycles. The highest BCUT2D eigenvalue weighted by Crippen LogP contribution is 2.35. The number of aliphatic hydroxyl groups is 1. The predicted octanol–water partition coefficient (Wildman–Crippen LogP) is 2.96. The number of morpholine rings is 1. The van der Waals surface area contributed by atoms with E-state index in [4.69, 9.17) is 19.6 Å². The smallest absolute Gasteiger partial charge is 0.159 e. The van der Waals surface area contributed by atoms with Crippen LogP contribution < -0.4 is 4.90 Å². The zero-order valence-electron chi connectivity index (χ0n) is 22.6. The van der Waals surface area contributed by atoms with Gasteiger partial charge in [-0.25, -0.2) is 14.6 Å². The Labute approximate surface area is 231 Å². The lowest BCUT2D eigenvalue weighted by Gasteiger charge is -2.37. The van der Waals surface area contributed by atoms with E-state index >= 15 is 0 Å². The Bertz CT molecular complexity index is 1260. The lowest BCUT2D eigenvalue weighted by Crippen LogP contribution is -2.44. The SMILES string of the molecule is Cc1nc(N2CCO[C@H](CO)C2)cc(-n2ncc3cc(C)c(C4CCN(C5COCC5C)CC4)cc32)n1.S. The minimum atomic E-state index is -0.195. The first kappa shape index (κ1) is 27.3. The van der Waals surface area contributed by atoms with Crippen molar-refractivity contribution >= 4 is 30.2 Å². The molecule has 3 atom stereocenters. The molecule has 3 aromatic rings. The van der Waals surface area contributed by atoms with E-state index in [0.29, 0.717) is 36.9 Å². The van der Waals surface area contributed by atoms with Gasteiger partial charge in [0.25, 0.3) is 0 Å². The monoisotopic (exact) mass is 540 g/mol. The average molecular weight is 541 g/mol. The van der Waals surface area contributed by atoms with Gasteiger partial charge in [-0.15, -0.1) is 0 Å². The summed E-state index contributed by atoms with van der Waals surface area (Å²) in [7, 11) is 0. The van der Waals surface area contributed by atoms with Crippen LogP contribution in [0.15, 0.2) is 24.4 Å². The predicted molar refractivity (Wildman–Crippen MR) is 153 cm³/mol. The van der Waals surface area contributed by atoms with E-state index in [1.807, 2.05) is 23.9 Å². The molecule has 0 aliphatic carbocycles. The number of fused-ring (bicyclic) bond motifs is 1. The quantitative estimate of drug-likeness (QED) is 0.529. The highest BCUT2D eigenvalue weighted by atomic mass is 32.1. The van der Waals surface area contributed by atoms with Gasteiger partial charge in [0.05, 0.1) is 44.2 Å². The Morgan fingerprint density at radius 1 is 1.03 bits per heavy atom. The van der Waals surface area contributed by atoms with Crippen molar-refractivity contribution in [2.24, 2.45) is 5.92 Å². The summed E-state index contributed by atoms with van der Waals surface area (Å²) in [5.74, 6) is 3.49. The highest BCUT2D eigenvalue weighted by Gasteiger charge is 2.33. The standard InChI is InChI=1S/C28H38N6O3.H2S/c1-18-10-22-13-29-34(28-12-27(30-20(3)31-28)33-8-9-37-23(14-33)15-35)25(22)11-24(18)21-4-6-32(7-5-21)26-17-36-16-19(26)2;/h10-13,19,21,23,26,35H,4-9,14-17H2,1-3H3;1H2/t19?,23-,26?;/m0./s1. The van der Waals surface area contributed by atoms with Crippen LogP contribution in [0.25, 0.3) is 16.7 Å². The topological polar surface area (TPSA) is 88.8 Å². The second-order valence-corrected chi connectivity index (χ2v) is 11.0. The number of benzene rings is 1. The molecule has 3 aliphatic heterocycles. The average Bonchev–Trinajstić information content (AvgIpc) is 3.53. The van der Waals surface area contributed by atoms with Gasteiger partial charge in [0.1, 0.15) is 11.6 Å². The van der Waals surface area contributed by atoms with E-state index in [-0.39, 0.29) is 26.2 Å². The van der Waals surface area contributed by atoms with Crippen LogP contribution in [-0.2, 0) is 9.47 Å². The first-order chi connectivity index (χ1) is 18.0. The first-order valence-corrected chi connectivity index (χ1v) is 13.6. The fourth-order valence-corrected chi connectivity index (χ4v) is 6.33. The summed E-state index contributed by atoms with van der Waals surface area (Å²) in [6.07, 6.45) is 4.08. The van der Waals surface area contributed by atoms with E-state index in [2.05, 4.69) is 40.8 Å². The molecule has 3 aliphatic rings. The molecule has 1 aromatic carbocycles. The Kier molecular flexibility index (Phi) is 8.25. The van der Waals surface area contributed by atoms with Gasteiger partial charge in [-0.2, -0.15) is 18.6 Å². The van der Waals surface area contributed by atoms with Crippen LogP contribution in [0.2, 0.25) is 0 Å². The van der Waals surface area contributed by atoms with E-state index in [0.717, 1.165) is 55.4 Å². The van der Waals surface area contributed by atoms with Crippen molar-refractivity contribution in [1.82, 2.24) is 24.6 Å². The molecule has 6 rings (SSSR count). The van der Waals surface area contributed by atoms with Crippen LogP contribution >= 0.6 is 13.5 Å². The van der Waals surface area contributed by atoms with Crippen LogP contribution in [0.4, 0.5) is 5.82 Å². The van der Waals surface area contributed by atoms with Crippen molar-refractivity contribution < 1.29 is 14.6 Å². The number of hydrogen-bond donors (Lipinski definition) is 1. The fourth-order valence-electron chi connectivity index (χ4n) is 6.33. The molecular weight excluding hydrogens is 500 g/mol. The van der Waals surface area contributed by atoms with Crippen LogP contribution in [0.3, 0.4) is 0 Å². The number of ether oxygens (including phenoxy) is 2.